The minimum Gasteiger partial charge on any atom is -0.384 e. The first-order chi connectivity index (χ1) is 8.24. The van der Waals surface area contributed by atoms with Crippen LogP contribution in [0.25, 0.3) is 0 Å². The van der Waals surface area contributed by atoms with Crippen LogP contribution < -0.4 is 11.1 Å². The summed E-state index contributed by atoms with van der Waals surface area (Å²) >= 11 is 0. The van der Waals surface area contributed by atoms with Gasteiger partial charge in [0.1, 0.15) is 0 Å². The normalized spacial score (nSPS) is 24.6. The van der Waals surface area contributed by atoms with Crippen molar-refractivity contribution in [1.82, 2.24) is 5.32 Å². The van der Waals surface area contributed by atoms with Crippen molar-refractivity contribution in [3.63, 3.8) is 0 Å². The van der Waals surface area contributed by atoms with Crippen LogP contribution in [0.4, 0.5) is 0 Å². The standard InChI is InChI=1S/C13H25N3O/c1-17-10-13(7-4-8-13)9-15-12(14)16-11-5-2-3-6-11/h11H,2-10H2,1H3,(H3,14,15,16). The van der Waals surface area contributed by atoms with Gasteiger partial charge in [0.05, 0.1) is 13.2 Å². The number of hydrogen-bond donors (Lipinski definition) is 2. The van der Waals surface area contributed by atoms with Crippen molar-refractivity contribution >= 4 is 5.96 Å². The van der Waals surface area contributed by atoms with Gasteiger partial charge >= 0.3 is 0 Å². The third kappa shape index (κ3) is 3.35. The topological polar surface area (TPSA) is 59.6 Å². The number of nitrogens with two attached hydrogens (primary N) is 1. The molecule has 0 aliphatic heterocycles. The summed E-state index contributed by atoms with van der Waals surface area (Å²) in [4.78, 5) is 4.50. The van der Waals surface area contributed by atoms with Gasteiger partial charge in [-0.1, -0.05) is 19.3 Å². The van der Waals surface area contributed by atoms with Gasteiger partial charge in [-0.15, -0.1) is 0 Å². The summed E-state index contributed by atoms with van der Waals surface area (Å²) in [5, 5.41) is 3.33. The van der Waals surface area contributed by atoms with Crippen molar-refractivity contribution in [3.8, 4) is 0 Å². The lowest BCUT2D eigenvalue weighted by atomic mass is 9.69. The van der Waals surface area contributed by atoms with Crippen LogP contribution in [-0.4, -0.2) is 32.3 Å². The van der Waals surface area contributed by atoms with Crippen LogP contribution >= 0.6 is 0 Å². The fraction of sp³-hybridized carbons (Fsp3) is 0.923. The Labute approximate surface area is 104 Å². The molecule has 0 aromatic carbocycles. The molecule has 0 heterocycles. The Hall–Kier alpha value is -0.770. The fourth-order valence-electron chi connectivity index (χ4n) is 2.91. The highest BCUT2D eigenvalue weighted by atomic mass is 16.5. The van der Waals surface area contributed by atoms with E-state index >= 15 is 0 Å². The Morgan fingerprint density at radius 3 is 2.59 bits per heavy atom. The lowest BCUT2D eigenvalue weighted by Gasteiger charge is -2.40. The zero-order valence-electron chi connectivity index (χ0n) is 10.9. The fourth-order valence-corrected chi connectivity index (χ4v) is 2.91. The number of rotatable bonds is 5. The number of methoxy groups -OCH3 is 1. The molecule has 0 aromatic rings. The Bertz CT molecular complexity index is 268. The number of nitrogens with one attached hydrogen (secondary N) is 1. The molecule has 2 aliphatic rings. The molecule has 0 spiro atoms. The van der Waals surface area contributed by atoms with Crippen LogP contribution in [0.5, 0.6) is 0 Å². The van der Waals surface area contributed by atoms with E-state index in [9.17, 15) is 0 Å². The second kappa shape index (κ2) is 5.71. The van der Waals surface area contributed by atoms with Crippen LogP contribution in [-0.2, 0) is 4.74 Å². The predicted octanol–water partition coefficient (Wildman–Crippen LogP) is 1.65. The molecule has 98 valence electrons. The molecule has 0 aromatic heterocycles. The predicted molar refractivity (Wildman–Crippen MR) is 70.0 cm³/mol. The number of aliphatic imine (C=N–C) groups is 1. The molecule has 4 heteroatoms. The van der Waals surface area contributed by atoms with Gasteiger partial charge < -0.3 is 15.8 Å². The lowest BCUT2D eigenvalue weighted by Crippen LogP contribution is -2.42. The maximum atomic E-state index is 5.93. The van der Waals surface area contributed by atoms with Crippen LogP contribution in [0.2, 0.25) is 0 Å². The minimum atomic E-state index is 0.275. The molecule has 2 rings (SSSR count). The summed E-state index contributed by atoms with van der Waals surface area (Å²) in [5.41, 5.74) is 6.21. The van der Waals surface area contributed by atoms with E-state index in [-0.39, 0.29) is 5.41 Å². The molecule has 17 heavy (non-hydrogen) atoms. The van der Waals surface area contributed by atoms with Crippen molar-refractivity contribution < 1.29 is 4.74 Å². The molecule has 2 aliphatic carbocycles. The van der Waals surface area contributed by atoms with E-state index in [1.54, 1.807) is 7.11 Å². The highest BCUT2D eigenvalue weighted by Gasteiger charge is 2.36. The van der Waals surface area contributed by atoms with Gasteiger partial charge in [-0.25, -0.2) is 0 Å². The third-order valence-electron chi connectivity index (χ3n) is 4.16. The maximum absolute atomic E-state index is 5.93. The maximum Gasteiger partial charge on any atom is 0.188 e. The quantitative estimate of drug-likeness (QED) is 0.566. The third-order valence-corrected chi connectivity index (χ3v) is 4.16. The van der Waals surface area contributed by atoms with E-state index in [2.05, 4.69) is 10.3 Å². The second-order valence-electron chi connectivity index (χ2n) is 5.61. The molecule has 0 atom stereocenters. The number of guanidine groups is 1. The van der Waals surface area contributed by atoms with Crippen LogP contribution in [0.1, 0.15) is 44.9 Å². The Kier molecular flexibility index (Phi) is 4.26. The zero-order chi connectivity index (χ0) is 12.1. The largest absolute Gasteiger partial charge is 0.384 e. The second-order valence-corrected chi connectivity index (χ2v) is 5.61. The van der Waals surface area contributed by atoms with Gasteiger partial charge in [0.15, 0.2) is 5.96 Å². The molecule has 0 radical (unpaired) electrons. The molecule has 0 unspecified atom stereocenters. The van der Waals surface area contributed by atoms with Gasteiger partial charge in [-0.3, -0.25) is 4.99 Å². The van der Waals surface area contributed by atoms with Gasteiger partial charge in [-0.2, -0.15) is 0 Å². The van der Waals surface area contributed by atoms with Crippen LogP contribution in [0.15, 0.2) is 4.99 Å². The monoisotopic (exact) mass is 239 g/mol. The van der Waals surface area contributed by atoms with Gasteiger partial charge in [-0.05, 0) is 25.7 Å². The zero-order valence-corrected chi connectivity index (χ0v) is 10.9. The highest BCUT2D eigenvalue weighted by molar-refractivity contribution is 5.78. The summed E-state index contributed by atoms with van der Waals surface area (Å²) in [7, 11) is 1.77. The Balaban J connectivity index is 1.77. The molecule has 0 saturated heterocycles. The van der Waals surface area contributed by atoms with E-state index in [0.29, 0.717) is 12.0 Å². The SMILES string of the molecule is COCC1(CN=C(N)NC2CCCC2)CCC1. The number of nitrogens with zero attached hydrogens (tertiary/aromatic N) is 1. The van der Waals surface area contributed by atoms with Gasteiger partial charge in [0.2, 0.25) is 0 Å². The van der Waals surface area contributed by atoms with E-state index in [1.165, 1.54) is 44.9 Å². The summed E-state index contributed by atoms with van der Waals surface area (Å²) in [6, 6.07) is 0.554. The summed E-state index contributed by atoms with van der Waals surface area (Å²) in [6.45, 7) is 1.62. The van der Waals surface area contributed by atoms with Crippen molar-refractivity contribution in [2.75, 3.05) is 20.3 Å². The van der Waals surface area contributed by atoms with Crippen LogP contribution in [0.3, 0.4) is 0 Å². The molecule has 0 bridgehead atoms. The number of ether oxygens (including phenoxy) is 1. The van der Waals surface area contributed by atoms with E-state index in [4.69, 9.17) is 10.5 Å². The van der Waals surface area contributed by atoms with E-state index < -0.39 is 0 Å². The lowest BCUT2D eigenvalue weighted by molar-refractivity contribution is 0.0252. The van der Waals surface area contributed by atoms with E-state index in [1.807, 2.05) is 0 Å². The first kappa shape index (κ1) is 12.7. The van der Waals surface area contributed by atoms with Gasteiger partial charge in [0, 0.05) is 18.6 Å². The molecule has 2 saturated carbocycles. The Morgan fingerprint density at radius 2 is 2.06 bits per heavy atom. The van der Waals surface area contributed by atoms with Crippen molar-refractivity contribution in [3.05, 3.63) is 0 Å². The first-order valence-electron chi connectivity index (χ1n) is 6.79. The van der Waals surface area contributed by atoms with Gasteiger partial charge in [0.25, 0.3) is 0 Å². The summed E-state index contributed by atoms with van der Waals surface area (Å²) in [6.07, 6.45) is 8.85. The van der Waals surface area contributed by atoms with Crippen LogP contribution in [0, 0.1) is 5.41 Å². The highest BCUT2D eigenvalue weighted by Crippen LogP contribution is 2.41. The first-order valence-corrected chi connectivity index (χ1v) is 6.79. The van der Waals surface area contributed by atoms with E-state index in [0.717, 1.165) is 13.2 Å². The van der Waals surface area contributed by atoms with Crippen molar-refractivity contribution in [1.29, 1.82) is 0 Å². The summed E-state index contributed by atoms with van der Waals surface area (Å²) in [5.74, 6) is 0.624. The molecule has 3 N–H and O–H groups in total. The smallest absolute Gasteiger partial charge is 0.188 e. The average molecular weight is 239 g/mol. The minimum absolute atomic E-state index is 0.275. The molecule has 4 nitrogen and oxygen atoms in total. The summed E-state index contributed by atoms with van der Waals surface area (Å²) < 4.78 is 5.28. The Morgan fingerprint density at radius 1 is 1.35 bits per heavy atom. The molecule has 0 amide bonds. The van der Waals surface area contributed by atoms with Crippen molar-refractivity contribution in [2.45, 2.75) is 51.0 Å². The molecular weight excluding hydrogens is 214 g/mol. The van der Waals surface area contributed by atoms with Crippen molar-refractivity contribution in [2.24, 2.45) is 16.1 Å². The molecular formula is C13H25N3O. The molecule has 2 fully saturated rings. The number of hydrogen-bond acceptors (Lipinski definition) is 2. The average Bonchev–Trinajstić information content (AvgIpc) is 2.74.